The molecule has 14 saturated carbocycles. The van der Waals surface area contributed by atoms with Crippen LogP contribution in [0, 0.1) is 158 Å². The van der Waals surface area contributed by atoms with Gasteiger partial charge in [0.1, 0.15) is 12.2 Å². The maximum Gasteiger partial charge on any atom is 0.312 e. The average molecular weight is 1920 g/mol. The molecule has 0 aromatic heterocycles. The van der Waals surface area contributed by atoms with Crippen molar-refractivity contribution in [1.82, 2.24) is 0 Å². The number of cyclic esters (lactones) is 5. The topological polar surface area (TPSA) is 184 Å². The minimum atomic E-state index is -0.286. The van der Waals surface area contributed by atoms with Crippen LogP contribution >= 0.6 is 0 Å². The van der Waals surface area contributed by atoms with Crippen LogP contribution in [0.1, 0.15) is 534 Å². The van der Waals surface area contributed by atoms with Crippen LogP contribution in [0.4, 0.5) is 0 Å². The number of hydrogen-bond donors (Lipinski definition) is 0. The zero-order chi connectivity index (χ0) is 108. The van der Waals surface area contributed by atoms with Crippen LogP contribution in [0.15, 0.2) is 0 Å². The largest absolute Gasteiger partial charge is 0.466 e. The molecule has 22 aliphatic rings. The zero-order valence-corrected chi connectivity index (χ0v) is 101. The molecular formula is C120H248O14. The molecule has 0 N–H and O–H groups in total. The van der Waals surface area contributed by atoms with Crippen LogP contribution < -0.4 is 0 Å². The first kappa shape index (κ1) is 153. The third-order valence-electron chi connectivity index (χ3n) is 28.6. The summed E-state index contributed by atoms with van der Waals surface area (Å²) in [6.07, 6.45) is 31.3. The van der Waals surface area contributed by atoms with Crippen LogP contribution in [0.2, 0.25) is 0 Å². The van der Waals surface area contributed by atoms with E-state index >= 15 is 0 Å². The molecule has 134 heavy (non-hydrogen) atoms. The molecule has 26 unspecified atom stereocenters. The summed E-state index contributed by atoms with van der Waals surface area (Å²) in [5.41, 5.74) is -0.286. The normalized spacial score (nSPS) is 33.6. The molecule has 22 rings (SSSR count). The van der Waals surface area contributed by atoms with Gasteiger partial charge in [-0.05, 0) is 267 Å². The number of rotatable bonds is 0. The Morgan fingerprint density at radius 3 is 1.06 bits per heavy atom. The summed E-state index contributed by atoms with van der Waals surface area (Å²) in [5, 5.41) is 0. The Bertz CT molecular complexity index is 2610. The highest BCUT2D eigenvalue weighted by Crippen LogP contribution is 2.74. The van der Waals surface area contributed by atoms with Crippen molar-refractivity contribution >= 4 is 41.8 Å². The fourth-order valence-electron chi connectivity index (χ4n) is 25.0. The van der Waals surface area contributed by atoms with Crippen LogP contribution in [-0.4, -0.2) is 87.0 Å². The smallest absolute Gasteiger partial charge is 0.312 e. The highest BCUT2D eigenvalue weighted by molar-refractivity contribution is 5.80. The predicted octanol–water partition coefficient (Wildman–Crippen LogP) is 37.0. The van der Waals surface area contributed by atoms with Gasteiger partial charge in [-0.2, -0.15) is 0 Å². The minimum absolute atomic E-state index is 0.00366. The standard InChI is InChI=1S/C15H20O2.C14H18O2.C10H14O2.C10H18O2.C9H12O2.C8H10O2.C4H6O2.25C2H6/c16-14-15(3-4-17-14)7-10-6-11(15)13-9-2-1-8(5-9)12(10)13;15-14-13-9-4-8(10(13)5-16-14)11-6-1-2-7(3-6)12(9)11;11-10-8-2-6-1-7(3-8)5-9(4-6)12-10;1-9(2,3)10(4)6-5-7-12-8(10)11;10-9-8-6-2-1-5(3-6)7(8)4-11-9;9-8-6-2-4-1-5(6)7(3-4)10-8;5-4-2-1-3-6-4;25*1-2/h8-13H,1-7H2;6-13H,1-5H2;6-9H,1-5H2;5-7H2,1-4H3;5-8H,1-4H2;4-7H,1-3H2;1-3H2;25*1-2H3. The third-order valence-corrected chi connectivity index (χ3v) is 28.6. The van der Waals surface area contributed by atoms with E-state index in [9.17, 15) is 33.6 Å². The second-order valence-corrected chi connectivity index (χ2v) is 33.0. The molecule has 812 valence electrons. The Labute approximate surface area is 841 Å². The Balaban J connectivity index is -0.000000137. The van der Waals surface area contributed by atoms with E-state index in [1.165, 1.54) is 89.9 Å². The first-order chi connectivity index (χ1) is 65.4. The van der Waals surface area contributed by atoms with Gasteiger partial charge in [-0.1, -0.05) is 367 Å². The summed E-state index contributed by atoms with van der Waals surface area (Å²) in [6.45, 7) is 112. The van der Waals surface area contributed by atoms with Gasteiger partial charge in [0, 0.05) is 24.2 Å². The molecule has 0 amide bonds. The molecule has 0 aromatic carbocycles. The lowest BCUT2D eigenvalue weighted by Gasteiger charge is -2.42. The highest BCUT2D eigenvalue weighted by atomic mass is 16.6. The Hall–Kier alpha value is -3.71. The van der Waals surface area contributed by atoms with Gasteiger partial charge in [0.15, 0.2) is 0 Å². The maximum absolute atomic E-state index is 12.2. The number of esters is 7. The summed E-state index contributed by atoms with van der Waals surface area (Å²) in [6, 6.07) is 0. The van der Waals surface area contributed by atoms with E-state index < -0.39 is 0 Å². The quantitative estimate of drug-likeness (QED) is 0.127. The molecule has 0 aromatic rings. The first-order valence-electron chi connectivity index (χ1n) is 59.7. The van der Waals surface area contributed by atoms with Gasteiger partial charge in [-0.25, -0.2) is 0 Å². The van der Waals surface area contributed by atoms with E-state index in [1.54, 1.807) is 0 Å². The fraction of sp³-hybridized carbons (Fsp3) is 0.942. The number of carbonyl (C=O) groups is 7. The molecule has 26 atom stereocenters. The highest BCUT2D eigenvalue weighted by Gasteiger charge is 2.71. The van der Waals surface area contributed by atoms with Crippen molar-refractivity contribution in [1.29, 1.82) is 0 Å². The number of ether oxygens (including phenoxy) is 7. The van der Waals surface area contributed by atoms with Crippen molar-refractivity contribution < 1.29 is 66.7 Å². The predicted molar refractivity (Wildman–Crippen MR) is 587 cm³/mol. The van der Waals surface area contributed by atoms with Crippen molar-refractivity contribution in [3.05, 3.63) is 0 Å². The third kappa shape index (κ3) is 41.7. The van der Waals surface area contributed by atoms with Gasteiger partial charge in [0.25, 0.3) is 0 Å². The minimum Gasteiger partial charge on any atom is -0.466 e. The molecule has 14 aliphatic carbocycles. The number of carbonyl (C=O) groups excluding carboxylic acids is 7. The second kappa shape index (κ2) is 94.2. The van der Waals surface area contributed by atoms with Crippen molar-refractivity contribution in [2.24, 2.45) is 158 Å². The second-order valence-electron chi connectivity index (χ2n) is 33.0. The number of hydrogen-bond acceptors (Lipinski definition) is 14. The SMILES string of the molecule is CC.CC.CC.CC.CC.CC.CC.CC.CC.CC.CC.CC.CC.CC.CC.CC.CC.CC.CC.CC.CC.CC.CC.CC.CC.CC(C)(C)C1(C)CCCOC1=O.O=C1CCCO1.O=C1OC2CC3CC(C2)CC1C3.O=C1OC2CC3CC1C2C3.O=C1OCC2C3CC(C12)C1C2CCC(C2)C31.O=C1OCC2C3CCC(C3)C12.O=C1OCCC12CC1CC2C2C3CCC(C3)C12. The van der Waals surface area contributed by atoms with Crippen LogP contribution in [0.5, 0.6) is 0 Å². The average Bonchev–Trinajstić information content (AvgIpc) is 1.53. The maximum atomic E-state index is 12.2. The van der Waals surface area contributed by atoms with Crippen LogP contribution in [-0.2, 0) is 66.7 Å². The van der Waals surface area contributed by atoms with E-state index in [4.69, 9.17) is 28.4 Å². The summed E-state index contributed by atoms with van der Waals surface area (Å²) in [7, 11) is 0. The molecular weight excluding hydrogens is 1670 g/mol. The molecule has 14 nitrogen and oxygen atoms in total. The van der Waals surface area contributed by atoms with Gasteiger partial charge >= 0.3 is 41.8 Å². The van der Waals surface area contributed by atoms with Crippen LogP contribution in [0.3, 0.4) is 0 Å². The lowest BCUT2D eigenvalue weighted by atomic mass is 9.60. The van der Waals surface area contributed by atoms with E-state index in [2.05, 4.69) is 25.5 Å². The van der Waals surface area contributed by atoms with E-state index in [0.717, 1.165) is 166 Å². The van der Waals surface area contributed by atoms with E-state index in [0.29, 0.717) is 79.7 Å². The van der Waals surface area contributed by atoms with Gasteiger partial charge in [0.05, 0.1) is 67.5 Å². The summed E-state index contributed by atoms with van der Waals surface area (Å²) in [5.74, 6) is 18.6. The molecule has 16 bridgehead atoms. The van der Waals surface area contributed by atoms with Crippen molar-refractivity contribution in [3.63, 3.8) is 0 Å². The summed E-state index contributed by atoms with van der Waals surface area (Å²) >= 11 is 0. The molecule has 22 fully saturated rings. The molecule has 1 spiro atoms. The molecule has 8 heterocycles. The van der Waals surface area contributed by atoms with E-state index in [1.807, 2.05) is 353 Å². The Morgan fingerprint density at radius 2 is 0.679 bits per heavy atom. The van der Waals surface area contributed by atoms with Gasteiger partial charge in [-0.3, -0.25) is 33.6 Å². The summed E-state index contributed by atoms with van der Waals surface area (Å²) in [4.78, 5) is 79.3. The lowest BCUT2D eigenvalue weighted by Crippen LogP contribution is -2.44. The summed E-state index contributed by atoms with van der Waals surface area (Å²) < 4.78 is 35.9. The fourth-order valence-corrected chi connectivity index (χ4v) is 25.0. The lowest BCUT2D eigenvalue weighted by molar-refractivity contribution is -0.169. The Morgan fingerprint density at radius 1 is 0.284 bits per heavy atom. The van der Waals surface area contributed by atoms with E-state index in [-0.39, 0.29) is 70.1 Å². The first-order valence-corrected chi connectivity index (χ1v) is 59.7. The van der Waals surface area contributed by atoms with Gasteiger partial charge in [-0.15, -0.1) is 0 Å². The van der Waals surface area contributed by atoms with Gasteiger partial charge < -0.3 is 33.2 Å². The monoisotopic (exact) mass is 1910 g/mol. The zero-order valence-electron chi connectivity index (χ0n) is 101. The molecule has 8 aliphatic heterocycles. The van der Waals surface area contributed by atoms with Crippen molar-refractivity contribution in [2.45, 2.75) is 547 Å². The molecule has 0 radical (unpaired) electrons. The van der Waals surface area contributed by atoms with Crippen LogP contribution in [0.25, 0.3) is 0 Å². The van der Waals surface area contributed by atoms with Crippen molar-refractivity contribution in [2.75, 3.05) is 33.0 Å². The molecule has 8 saturated heterocycles. The van der Waals surface area contributed by atoms with Gasteiger partial charge in [0.2, 0.25) is 0 Å². The Kier molecular flexibility index (Phi) is 108. The molecule has 14 heteroatoms. The number of fused-ring (bicyclic) bond motifs is 29. The van der Waals surface area contributed by atoms with Crippen molar-refractivity contribution in [3.8, 4) is 0 Å².